The van der Waals surface area contributed by atoms with Crippen LogP contribution in [0, 0.1) is 10.1 Å². The Morgan fingerprint density at radius 1 is 1.50 bits per heavy atom. The molecule has 0 saturated heterocycles. The second kappa shape index (κ2) is 6.33. The summed E-state index contributed by atoms with van der Waals surface area (Å²) in [5, 5.41) is 18.9. The molecule has 0 atom stereocenters. The molecule has 2 rings (SSSR count). The summed E-state index contributed by atoms with van der Waals surface area (Å²) < 4.78 is 1.54. The van der Waals surface area contributed by atoms with Crippen LogP contribution in [0.3, 0.4) is 0 Å². The van der Waals surface area contributed by atoms with Crippen molar-refractivity contribution in [2.75, 3.05) is 11.9 Å². The predicted octanol–water partition coefficient (Wildman–Crippen LogP) is 2.09. The van der Waals surface area contributed by atoms with Crippen molar-refractivity contribution < 1.29 is 4.92 Å². The monoisotopic (exact) mass is 294 g/mol. The van der Waals surface area contributed by atoms with Gasteiger partial charge in [-0.3, -0.25) is 10.1 Å². The molecule has 0 aromatic carbocycles. The lowest BCUT2D eigenvalue weighted by Crippen LogP contribution is -2.04. The minimum Gasteiger partial charge on any atom is -0.370 e. The number of aryl methyl sites for hydroxylation is 1. The fraction of sp³-hybridized carbons (Fsp3) is 0.364. The maximum atomic E-state index is 11.0. The summed E-state index contributed by atoms with van der Waals surface area (Å²) in [5.74, 6) is 0.613. The van der Waals surface area contributed by atoms with Crippen molar-refractivity contribution in [3.05, 3.63) is 28.6 Å². The lowest BCUT2D eigenvalue weighted by molar-refractivity contribution is -0.388. The first-order valence-electron chi connectivity index (χ1n) is 6.03. The number of nitrogens with zero attached hydrogens (tertiary/aromatic N) is 5. The number of anilines is 1. The summed E-state index contributed by atoms with van der Waals surface area (Å²) in [5.41, 5.74) is -0.0416. The van der Waals surface area contributed by atoms with Gasteiger partial charge in [0.25, 0.3) is 0 Å². The molecule has 0 aliphatic carbocycles. The second-order valence-electron chi connectivity index (χ2n) is 3.97. The van der Waals surface area contributed by atoms with Crippen LogP contribution in [0.4, 0.5) is 11.5 Å². The standard InChI is InChI=1S/C11H14N6O2S/c1-3-6-12-9-5-4-8(17(18)19)10(15-9)20-11-13-7-14-16(11)2/h4-5,7H,3,6H2,1-2H3,(H,12,15). The third-order valence-corrected chi connectivity index (χ3v) is 3.50. The first-order chi connectivity index (χ1) is 9.61. The molecule has 20 heavy (non-hydrogen) atoms. The molecule has 0 aliphatic rings. The van der Waals surface area contributed by atoms with Crippen LogP contribution in [-0.2, 0) is 7.05 Å². The molecule has 2 heterocycles. The van der Waals surface area contributed by atoms with Gasteiger partial charge in [-0.1, -0.05) is 6.92 Å². The van der Waals surface area contributed by atoms with E-state index in [0.29, 0.717) is 16.0 Å². The Kier molecular flexibility index (Phi) is 4.51. The van der Waals surface area contributed by atoms with Crippen molar-refractivity contribution in [3.63, 3.8) is 0 Å². The quantitative estimate of drug-likeness (QED) is 0.643. The summed E-state index contributed by atoms with van der Waals surface area (Å²) in [6, 6.07) is 3.05. The summed E-state index contributed by atoms with van der Waals surface area (Å²) in [6.45, 7) is 2.80. The topological polar surface area (TPSA) is 98.8 Å². The highest BCUT2D eigenvalue weighted by Crippen LogP contribution is 2.32. The van der Waals surface area contributed by atoms with Crippen LogP contribution in [0.1, 0.15) is 13.3 Å². The van der Waals surface area contributed by atoms with E-state index in [1.165, 1.54) is 12.4 Å². The normalized spacial score (nSPS) is 10.5. The van der Waals surface area contributed by atoms with E-state index in [2.05, 4.69) is 20.4 Å². The van der Waals surface area contributed by atoms with Gasteiger partial charge in [0.1, 0.15) is 12.1 Å². The van der Waals surface area contributed by atoms with Gasteiger partial charge in [0.05, 0.1) is 4.92 Å². The van der Waals surface area contributed by atoms with Gasteiger partial charge in [-0.2, -0.15) is 5.10 Å². The molecule has 0 saturated carbocycles. The molecule has 2 aromatic rings. The van der Waals surface area contributed by atoms with Crippen LogP contribution < -0.4 is 5.32 Å². The molecule has 0 unspecified atom stereocenters. The first kappa shape index (κ1) is 14.3. The largest absolute Gasteiger partial charge is 0.370 e. The average molecular weight is 294 g/mol. The molecule has 8 nitrogen and oxygen atoms in total. The van der Waals surface area contributed by atoms with Gasteiger partial charge in [-0.05, 0) is 24.2 Å². The number of pyridine rings is 1. The molecule has 0 radical (unpaired) electrons. The Morgan fingerprint density at radius 2 is 2.30 bits per heavy atom. The van der Waals surface area contributed by atoms with E-state index < -0.39 is 4.92 Å². The van der Waals surface area contributed by atoms with E-state index >= 15 is 0 Å². The second-order valence-corrected chi connectivity index (χ2v) is 4.93. The summed E-state index contributed by atoms with van der Waals surface area (Å²) >= 11 is 1.12. The van der Waals surface area contributed by atoms with Crippen molar-refractivity contribution in [2.24, 2.45) is 7.05 Å². The Labute approximate surface area is 119 Å². The maximum absolute atomic E-state index is 11.0. The Balaban J connectivity index is 2.31. The molecule has 0 fully saturated rings. The van der Waals surface area contributed by atoms with Crippen molar-refractivity contribution in [1.82, 2.24) is 19.7 Å². The molecule has 0 bridgehead atoms. The number of aromatic nitrogens is 4. The fourth-order valence-corrected chi connectivity index (χ4v) is 2.31. The highest BCUT2D eigenvalue weighted by Gasteiger charge is 2.19. The van der Waals surface area contributed by atoms with Crippen LogP contribution in [-0.4, -0.2) is 31.2 Å². The van der Waals surface area contributed by atoms with Gasteiger partial charge >= 0.3 is 5.69 Å². The minimum atomic E-state index is -0.449. The van der Waals surface area contributed by atoms with E-state index in [9.17, 15) is 10.1 Å². The van der Waals surface area contributed by atoms with Crippen LogP contribution in [0.15, 0.2) is 28.6 Å². The van der Waals surface area contributed by atoms with Crippen molar-refractivity contribution in [2.45, 2.75) is 23.5 Å². The predicted molar refractivity (Wildman–Crippen MR) is 74.8 cm³/mol. The number of rotatable bonds is 6. The van der Waals surface area contributed by atoms with Crippen LogP contribution >= 0.6 is 11.8 Å². The zero-order chi connectivity index (χ0) is 14.5. The molecular weight excluding hydrogens is 280 g/mol. The van der Waals surface area contributed by atoms with Gasteiger partial charge in [-0.25, -0.2) is 14.6 Å². The van der Waals surface area contributed by atoms with Crippen molar-refractivity contribution in [1.29, 1.82) is 0 Å². The smallest absolute Gasteiger partial charge is 0.301 e. The number of nitrogens with one attached hydrogen (secondary N) is 1. The zero-order valence-electron chi connectivity index (χ0n) is 11.1. The molecular formula is C11H14N6O2S. The van der Waals surface area contributed by atoms with E-state index in [1.807, 2.05) is 6.92 Å². The molecule has 2 aromatic heterocycles. The van der Waals surface area contributed by atoms with E-state index in [0.717, 1.165) is 24.7 Å². The fourth-order valence-electron chi connectivity index (χ4n) is 1.46. The number of nitro groups is 1. The third kappa shape index (κ3) is 3.23. The lowest BCUT2D eigenvalue weighted by Gasteiger charge is -2.06. The highest BCUT2D eigenvalue weighted by molar-refractivity contribution is 7.99. The SMILES string of the molecule is CCCNc1ccc([N+](=O)[O-])c(Sc2ncnn2C)n1. The Morgan fingerprint density at radius 3 is 2.90 bits per heavy atom. The first-order valence-corrected chi connectivity index (χ1v) is 6.84. The van der Waals surface area contributed by atoms with Crippen LogP contribution in [0.2, 0.25) is 0 Å². The zero-order valence-corrected chi connectivity index (χ0v) is 11.9. The molecule has 0 aliphatic heterocycles. The summed E-state index contributed by atoms with van der Waals surface area (Å²) in [4.78, 5) is 18.9. The van der Waals surface area contributed by atoms with Gasteiger partial charge in [0.2, 0.25) is 0 Å². The number of hydrogen-bond donors (Lipinski definition) is 1. The van der Waals surface area contributed by atoms with Gasteiger partial charge in [-0.15, -0.1) is 0 Å². The third-order valence-electron chi connectivity index (χ3n) is 2.45. The molecule has 106 valence electrons. The van der Waals surface area contributed by atoms with Gasteiger partial charge < -0.3 is 5.32 Å². The minimum absolute atomic E-state index is 0.0416. The van der Waals surface area contributed by atoms with Gasteiger partial charge in [0, 0.05) is 19.7 Å². The summed E-state index contributed by atoms with van der Waals surface area (Å²) in [7, 11) is 1.72. The lowest BCUT2D eigenvalue weighted by atomic mass is 10.4. The van der Waals surface area contributed by atoms with Crippen molar-refractivity contribution in [3.8, 4) is 0 Å². The highest BCUT2D eigenvalue weighted by atomic mass is 32.2. The summed E-state index contributed by atoms with van der Waals surface area (Å²) in [6.07, 6.45) is 2.35. The van der Waals surface area contributed by atoms with Crippen LogP contribution in [0.5, 0.6) is 0 Å². The molecule has 1 N–H and O–H groups in total. The molecule has 9 heteroatoms. The van der Waals surface area contributed by atoms with E-state index in [1.54, 1.807) is 17.8 Å². The average Bonchev–Trinajstić information content (AvgIpc) is 2.82. The molecule has 0 amide bonds. The van der Waals surface area contributed by atoms with E-state index in [-0.39, 0.29) is 5.69 Å². The maximum Gasteiger partial charge on any atom is 0.301 e. The number of hydrogen-bond acceptors (Lipinski definition) is 7. The van der Waals surface area contributed by atoms with E-state index in [4.69, 9.17) is 0 Å². The molecule has 0 spiro atoms. The van der Waals surface area contributed by atoms with Gasteiger partial charge in [0.15, 0.2) is 10.2 Å². The Hall–Kier alpha value is -2.16. The Bertz CT molecular complexity index is 615. The van der Waals surface area contributed by atoms with Crippen molar-refractivity contribution >= 4 is 23.3 Å². The van der Waals surface area contributed by atoms with Crippen LogP contribution in [0.25, 0.3) is 0 Å².